The molecule has 0 aliphatic carbocycles. The predicted molar refractivity (Wildman–Crippen MR) is 68.7 cm³/mol. The highest BCUT2D eigenvalue weighted by Gasteiger charge is 2.31. The number of aliphatic carboxylic acids is 1. The van der Waals surface area contributed by atoms with Gasteiger partial charge in [-0.1, -0.05) is 6.42 Å². The van der Waals surface area contributed by atoms with Gasteiger partial charge in [-0.25, -0.2) is 0 Å². The zero-order valence-electron chi connectivity index (χ0n) is 11.2. The Morgan fingerprint density at radius 3 is 2.72 bits per heavy atom. The van der Waals surface area contributed by atoms with Gasteiger partial charge in [0.15, 0.2) is 0 Å². The minimum atomic E-state index is -0.705. The molecule has 104 valence electrons. The summed E-state index contributed by atoms with van der Waals surface area (Å²) in [6.07, 6.45) is 3.46. The number of hydrogen-bond donors (Lipinski definition) is 1. The number of hydrogen-bond acceptors (Lipinski definition) is 4. The number of rotatable bonds is 4. The standard InChI is InChI=1S/C13H24N2O3/c1-11(13(16)17)15-5-3-2-4-12(15)10-14-6-8-18-9-7-14/h11-12H,2-10H2,1H3,(H,16,17)/t11-,12+/m1/s1. The molecule has 0 aromatic heterocycles. The lowest BCUT2D eigenvalue weighted by atomic mass is 9.99. The lowest BCUT2D eigenvalue weighted by molar-refractivity contribution is -0.144. The van der Waals surface area contributed by atoms with Crippen molar-refractivity contribution in [2.75, 3.05) is 39.4 Å². The maximum atomic E-state index is 11.2. The van der Waals surface area contributed by atoms with Crippen molar-refractivity contribution >= 4 is 5.97 Å². The first-order chi connectivity index (χ1) is 8.68. The van der Waals surface area contributed by atoms with E-state index < -0.39 is 5.97 Å². The van der Waals surface area contributed by atoms with Crippen LogP contribution in [0.25, 0.3) is 0 Å². The van der Waals surface area contributed by atoms with Crippen LogP contribution in [-0.2, 0) is 9.53 Å². The number of morpholine rings is 1. The smallest absolute Gasteiger partial charge is 0.320 e. The van der Waals surface area contributed by atoms with E-state index in [9.17, 15) is 9.90 Å². The van der Waals surface area contributed by atoms with Crippen molar-refractivity contribution in [2.45, 2.75) is 38.3 Å². The zero-order valence-corrected chi connectivity index (χ0v) is 11.2. The second kappa shape index (κ2) is 6.50. The Labute approximate surface area is 109 Å². The van der Waals surface area contributed by atoms with Gasteiger partial charge in [0.2, 0.25) is 0 Å². The van der Waals surface area contributed by atoms with Crippen LogP contribution < -0.4 is 0 Å². The molecule has 5 heteroatoms. The van der Waals surface area contributed by atoms with Crippen LogP contribution in [0.2, 0.25) is 0 Å². The first kappa shape index (κ1) is 13.8. The van der Waals surface area contributed by atoms with Crippen molar-refractivity contribution in [1.29, 1.82) is 0 Å². The third kappa shape index (κ3) is 3.43. The highest BCUT2D eigenvalue weighted by Crippen LogP contribution is 2.21. The summed E-state index contributed by atoms with van der Waals surface area (Å²) in [5.41, 5.74) is 0. The van der Waals surface area contributed by atoms with Gasteiger partial charge in [-0.2, -0.15) is 0 Å². The zero-order chi connectivity index (χ0) is 13.0. The van der Waals surface area contributed by atoms with Crippen LogP contribution in [0, 0.1) is 0 Å². The number of ether oxygens (including phenoxy) is 1. The Morgan fingerprint density at radius 1 is 1.33 bits per heavy atom. The molecule has 0 aromatic rings. The van der Waals surface area contributed by atoms with Crippen LogP contribution in [-0.4, -0.2) is 72.4 Å². The molecule has 0 saturated carbocycles. The third-order valence-corrected chi connectivity index (χ3v) is 4.10. The molecular weight excluding hydrogens is 232 g/mol. The number of carbonyl (C=O) groups is 1. The second-order valence-electron chi connectivity index (χ2n) is 5.31. The van der Waals surface area contributed by atoms with Crippen LogP contribution in [0.1, 0.15) is 26.2 Å². The number of carboxylic acids is 1. The molecule has 0 aromatic carbocycles. The van der Waals surface area contributed by atoms with Crippen molar-refractivity contribution in [2.24, 2.45) is 0 Å². The summed E-state index contributed by atoms with van der Waals surface area (Å²) in [6, 6.07) is 0.0271. The van der Waals surface area contributed by atoms with Crippen LogP contribution >= 0.6 is 0 Å². The van der Waals surface area contributed by atoms with E-state index in [1.807, 2.05) is 0 Å². The highest BCUT2D eigenvalue weighted by atomic mass is 16.5. The molecule has 1 N–H and O–H groups in total. The normalized spacial score (nSPS) is 29.1. The molecule has 2 rings (SSSR count). The molecular formula is C13H24N2O3. The van der Waals surface area contributed by atoms with E-state index in [0.29, 0.717) is 6.04 Å². The van der Waals surface area contributed by atoms with E-state index >= 15 is 0 Å². The molecule has 0 bridgehead atoms. The van der Waals surface area contributed by atoms with E-state index in [4.69, 9.17) is 4.74 Å². The van der Waals surface area contributed by atoms with Gasteiger partial charge in [0, 0.05) is 25.7 Å². The van der Waals surface area contributed by atoms with Crippen molar-refractivity contribution in [1.82, 2.24) is 9.80 Å². The van der Waals surface area contributed by atoms with Gasteiger partial charge in [-0.05, 0) is 26.3 Å². The maximum Gasteiger partial charge on any atom is 0.320 e. The average molecular weight is 256 g/mol. The molecule has 2 aliphatic heterocycles. The van der Waals surface area contributed by atoms with E-state index in [1.165, 1.54) is 6.42 Å². The summed E-state index contributed by atoms with van der Waals surface area (Å²) in [5, 5.41) is 9.18. The third-order valence-electron chi connectivity index (χ3n) is 4.10. The Morgan fingerprint density at radius 2 is 2.06 bits per heavy atom. The van der Waals surface area contributed by atoms with Crippen molar-refractivity contribution in [3.05, 3.63) is 0 Å². The number of piperidine rings is 1. The van der Waals surface area contributed by atoms with Gasteiger partial charge >= 0.3 is 5.97 Å². The minimum Gasteiger partial charge on any atom is -0.480 e. The first-order valence-corrected chi connectivity index (χ1v) is 6.97. The monoisotopic (exact) mass is 256 g/mol. The summed E-state index contributed by atoms with van der Waals surface area (Å²) >= 11 is 0. The summed E-state index contributed by atoms with van der Waals surface area (Å²) in [7, 11) is 0. The largest absolute Gasteiger partial charge is 0.480 e. The fourth-order valence-corrected chi connectivity index (χ4v) is 2.95. The van der Waals surface area contributed by atoms with E-state index in [2.05, 4.69) is 9.80 Å². The fraction of sp³-hybridized carbons (Fsp3) is 0.923. The number of likely N-dealkylation sites (tertiary alicyclic amines) is 1. The molecule has 2 atom stereocenters. The molecule has 0 amide bonds. The number of nitrogens with zero attached hydrogens (tertiary/aromatic N) is 2. The minimum absolute atomic E-state index is 0.364. The molecule has 0 spiro atoms. The second-order valence-corrected chi connectivity index (χ2v) is 5.31. The summed E-state index contributed by atoms with van der Waals surface area (Å²) in [4.78, 5) is 15.7. The lowest BCUT2D eigenvalue weighted by Crippen LogP contribution is -2.54. The van der Waals surface area contributed by atoms with Crippen LogP contribution in [0.4, 0.5) is 0 Å². The Balaban J connectivity index is 1.92. The Kier molecular flexibility index (Phi) is 4.97. The molecule has 2 aliphatic rings. The van der Waals surface area contributed by atoms with Gasteiger partial charge in [0.05, 0.1) is 13.2 Å². The molecule has 5 nitrogen and oxygen atoms in total. The van der Waals surface area contributed by atoms with Crippen molar-refractivity contribution in [3.63, 3.8) is 0 Å². The number of carboxylic acid groups (broad SMARTS) is 1. The van der Waals surface area contributed by atoms with E-state index in [1.54, 1.807) is 6.92 Å². The Bertz CT molecular complexity index is 279. The van der Waals surface area contributed by atoms with Crippen LogP contribution in [0.3, 0.4) is 0 Å². The predicted octanol–water partition coefficient (Wildman–Crippen LogP) is 0.646. The molecule has 0 unspecified atom stereocenters. The van der Waals surface area contributed by atoms with E-state index in [-0.39, 0.29) is 6.04 Å². The molecule has 0 radical (unpaired) electrons. The van der Waals surface area contributed by atoms with Gasteiger partial charge in [0.25, 0.3) is 0 Å². The average Bonchev–Trinajstić information content (AvgIpc) is 2.39. The van der Waals surface area contributed by atoms with Gasteiger partial charge in [0.1, 0.15) is 6.04 Å². The fourth-order valence-electron chi connectivity index (χ4n) is 2.95. The van der Waals surface area contributed by atoms with E-state index in [0.717, 1.165) is 52.2 Å². The quantitative estimate of drug-likeness (QED) is 0.800. The molecule has 18 heavy (non-hydrogen) atoms. The highest BCUT2D eigenvalue weighted by molar-refractivity contribution is 5.72. The van der Waals surface area contributed by atoms with Crippen LogP contribution in [0.5, 0.6) is 0 Å². The molecule has 2 heterocycles. The molecule has 2 saturated heterocycles. The summed E-state index contributed by atoms with van der Waals surface area (Å²) < 4.78 is 5.35. The van der Waals surface area contributed by atoms with Crippen molar-refractivity contribution < 1.29 is 14.6 Å². The summed E-state index contributed by atoms with van der Waals surface area (Å²) in [5.74, 6) is -0.705. The molecule has 2 fully saturated rings. The van der Waals surface area contributed by atoms with Gasteiger partial charge in [-0.3, -0.25) is 14.6 Å². The topological polar surface area (TPSA) is 53.0 Å². The maximum absolute atomic E-state index is 11.2. The lowest BCUT2D eigenvalue weighted by Gasteiger charge is -2.41. The van der Waals surface area contributed by atoms with Crippen LogP contribution in [0.15, 0.2) is 0 Å². The van der Waals surface area contributed by atoms with Gasteiger partial charge in [-0.15, -0.1) is 0 Å². The Hall–Kier alpha value is -0.650. The first-order valence-electron chi connectivity index (χ1n) is 6.97. The SMILES string of the molecule is C[C@H](C(=O)O)N1CCCC[C@H]1CN1CCOCC1. The summed E-state index contributed by atoms with van der Waals surface area (Å²) in [6.45, 7) is 7.28. The van der Waals surface area contributed by atoms with Gasteiger partial charge < -0.3 is 9.84 Å². The van der Waals surface area contributed by atoms with Crippen molar-refractivity contribution in [3.8, 4) is 0 Å².